The molecule has 4 aromatic rings. The van der Waals surface area contributed by atoms with Crippen LogP contribution in [0.3, 0.4) is 0 Å². The highest BCUT2D eigenvalue weighted by Gasteiger charge is 2.15. The Morgan fingerprint density at radius 1 is 0.854 bits per heavy atom. The molecule has 0 heterocycles. The monoisotopic (exact) mass is 595 g/mol. The van der Waals surface area contributed by atoms with Crippen molar-refractivity contribution in [2.75, 3.05) is 6.61 Å². The van der Waals surface area contributed by atoms with E-state index in [4.69, 9.17) is 9.29 Å². The van der Waals surface area contributed by atoms with Gasteiger partial charge < -0.3 is 9.84 Å². The molecule has 0 atom stereocenters. The Morgan fingerprint density at radius 3 is 2.22 bits per heavy atom. The number of alkyl halides is 2. The minimum Gasteiger partial charge on any atom is -0.479 e. The van der Waals surface area contributed by atoms with Gasteiger partial charge >= 0.3 is 12.6 Å². The number of rotatable bonds is 13. The topological polar surface area (TPSA) is 59.0 Å². The summed E-state index contributed by atoms with van der Waals surface area (Å²) >= 11 is 2.70. The van der Waals surface area contributed by atoms with Crippen LogP contribution in [0.2, 0.25) is 0 Å². The molecule has 0 fully saturated rings. The fourth-order valence-electron chi connectivity index (χ4n) is 4.47. The van der Waals surface area contributed by atoms with E-state index in [-0.39, 0.29) is 12.4 Å². The number of hydrogen-bond acceptors (Lipinski definition) is 6. The number of ether oxygens (including phenoxy) is 1. The zero-order valence-corrected chi connectivity index (χ0v) is 24.6. The molecule has 0 bridgehead atoms. The summed E-state index contributed by atoms with van der Waals surface area (Å²) in [4.78, 5) is 12.7. The third kappa shape index (κ3) is 9.33. The van der Waals surface area contributed by atoms with Gasteiger partial charge in [-0.1, -0.05) is 66.2 Å². The molecule has 0 spiro atoms. The van der Waals surface area contributed by atoms with Crippen LogP contribution in [0.25, 0.3) is 11.1 Å². The number of benzene rings is 4. The van der Waals surface area contributed by atoms with Crippen molar-refractivity contribution in [3.05, 3.63) is 113 Å². The molecule has 1 N–H and O–H groups in total. The largest absolute Gasteiger partial charge is 0.479 e. The number of carboxylic acids is 1. The molecule has 214 valence electrons. The molecule has 5 nitrogen and oxygen atoms in total. The second-order valence-corrected chi connectivity index (χ2v) is 11.6. The average molecular weight is 596 g/mol. The molecule has 0 aliphatic rings. The van der Waals surface area contributed by atoms with Crippen molar-refractivity contribution >= 4 is 30.0 Å². The molecule has 0 radical (unpaired) electrons. The van der Waals surface area contributed by atoms with Crippen molar-refractivity contribution in [1.29, 1.82) is 0 Å². The molecule has 0 unspecified atom stereocenters. The molecule has 9 heteroatoms. The van der Waals surface area contributed by atoms with Gasteiger partial charge in [0.2, 0.25) is 0 Å². The number of halogens is 2. The minimum absolute atomic E-state index is 0.142. The molecule has 0 saturated heterocycles. The van der Waals surface area contributed by atoms with Crippen LogP contribution in [0.5, 0.6) is 5.75 Å². The van der Waals surface area contributed by atoms with E-state index in [1.54, 1.807) is 24.1 Å². The van der Waals surface area contributed by atoms with E-state index >= 15 is 0 Å². The lowest BCUT2D eigenvalue weighted by molar-refractivity contribution is -0.138. The summed E-state index contributed by atoms with van der Waals surface area (Å²) in [5.74, 6) is -0.874. The molecule has 0 aliphatic carbocycles. The number of aliphatic carboxylic acids is 1. The highest BCUT2D eigenvalue weighted by atomic mass is 32.2. The quantitative estimate of drug-likeness (QED) is 0.123. The Balaban J connectivity index is 1.54. The number of hydrogen-bond donors (Lipinski definition) is 1. The number of aryl methyl sites for hydroxylation is 3. The van der Waals surface area contributed by atoms with Gasteiger partial charge in [-0.2, -0.15) is 8.78 Å². The first-order chi connectivity index (χ1) is 19.7. The highest BCUT2D eigenvalue weighted by Crippen LogP contribution is 2.34. The maximum absolute atomic E-state index is 12.8. The minimum atomic E-state index is -2.87. The van der Waals surface area contributed by atoms with Crippen LogP contribution in [0.1, 0.15) is 27.8 Å². The van der Waals surface area contributed by atoms with Gasteiger partial charge in [-0.15, -0.1) is 0 Å². The summed E-state index contributed by atoms with van der Waals surface area (Å²) in [6, 6.07) is 27.2. The second kappa shape index (κ2) is 14.5. The van der Waals surface area contributed by atoms with Gasteiger partial charge in [0.15, 0.2) is 6.61 Å². The number of carbonyl (C=O) groups is 1. The van der Waals surface area contributed by atoms with Crippen LogP contribution in [0.15, 0.2) is 94.7 Å². The van der Waals surface area contributed by atoms with E-state index in [0.29, 0.717) is 13.1 Å². The third-order valence-corrected chi connectivity index (χ3v) is 8.15. The lowest BCUT2D eigenvalue weighted by Gasteiger charge is -2.24. The van der Waals surface area contributed by atoms with Crippen LogP contribution < -0.4 is 4.74 Å². The summed E-state index contributed by atoms with van der Waals surface area (Å²) in [7, 11) is 0. The standard InChI is InChI=1S/C32H31F2NO4S2/c1-21-14-22(2)31(23(3)15-21)40-35(19-25-6-4-8-28(16-25)39-32(33)34)18-24-10-12-26(13-11-24)27-7-5-9-29(17-27)41-38-20-30(36)37/h4-17,32H,18-20H2,1-3H3,(H,36,37). The molecule has 0 aromatic heterocycles. The maximum atomic E-state index is 12.8. The predicted octanol–water partition coefficient (Wildman–Crippen LogP) is 8.70. The molecule has 0 aliphatic heterocycles. The van der Waals surface area contributed by atoms with E-state index in [1.165, 1.54) is 27.7 Å². The van der Waals surface area contributed by atoms with Crippen LogP contribution >= 0.6 is 24.0 Å². The Labute approximate surface area is 247 Å². The number of nitrogens with zero attached hydrogens (tertiary/aromatic N) is 1. The maximum Gasteiger partial charge on any atom is 0.387 e. The van der Waals surface area contributed by atoms with Gasteiger partial charge in [-0.3, -0.25) is 4.18 Å². The SMILES string of the molecule is Cc1cc(C)c(SN(Cc2ccc(-c3cccc(SOCC(=O)O)c3)cc2)Cc2cccc(OC(F)F)c2)c(C)c1. The molecule has 41 heavy (non-hydrogen) atoms. The Bertz CT molecular complexity index is 1460. The van der Waals surface area contributed by atoms with Crippen LogP contribution in [-0.2, 0) is 22.1 Å². The van der Waals surface area contributed by atoms with Crippen molar-refractivity contribution in [2.24, 2.45) is 0 Å². The number of carboxylic acid groups (broad SMARTS) is 1. The van der Waals surface area contributed by atoms with Gasteiger partial charge in [0.1, 0.15) is 5.75 Å². The average Bonchev–Trinajstić information content (AvgIpc) is 2.91. The van der Waals surface area contributed by atoms with E-state index < -0.39 is 12.6 Å². The summed E-state index contributed by atoms with van der Waals surface area (Å²) in [5.41, 5.74) is 7.57. The van der Waals surface area contributed by atoms with Gasteiger partial charge in [0.25, 0.3) is 0 Å². The first-order valence-electron chi connectivity index (χ1n) is 12.9. The lowest BCUT2D eigenvalue weighted by Crippen LogP contribution is -2.16. The normalized spacial score (nSPS) is 11.3. The molecular weight excluding hydrogens is 564 g/mol. The summed E-state index contributed by atoms with van der Waals surface area (Å²) in [6.07, 6.45) is 0. The first-order valence-corrected chi connectivity index (χ1v) is 14.4. The zero-order valence-electron chi connectivity index (χ0n) is 23.0. The lowest BCUT2D eigenvalue weighted by atomic mass is 10.0. The van der Waals surface area contributed by atoms with Gasteiger partial charge in [0.05, 0.1) is 0 Å². The molecule has 4 rings (SSSR count). The van der Waals surface area contributed by atoms with E-state index in [9.17, 15) is 13.6 Å². The van der Waals surface area contributed by atoms with Crippen LogP contribution in [-0.4, -0.2) is 28.6 Å². The van der Waals surface area contributed by atoms with Crippen LogP contribution in [0, 0.1) is 20.8 Å². The van der Waals surface area contributed by atoms with Crippen molar-refractivity contribution in [1.82, 2.24) is 4.31 Å². The van der Waals surface area contributed by atoms with Crippen molar-refractivity contribution < 1.29 is 27.6 Å². The first kappa shape index (κ1) is 30.6. The molecule has 4 aromatic carbocycles. The van der Waals surface area contributed by atoms with Crippen LogP contribution in [0.4, 0.5) is 8.78 Å². The third-order valence-electron chi connectivity index (χ3n) is 6.13. The zero-order chi connectivity index (χ0) is 29.4. The van der Waals surface area contributed by atoms with Gasteiger partial charge in [-0.05, 0) is 90.4 Å². The van der Waals surface area contributed by atoms with Gasteiger partial charge in [0, 0.05) is 34.9 Å². The Kier molecular flexibility index (Phi) is 10.8. The molecular formula is C32H31F2NO4S2. The Hall–Kier alpha value is -3.37. The van der Waals surface area contributed by atoms with Gasteiger partial charge in [-0.25, -0.2) is 9.10 Å². The van der Waals surface area contributed by atoms with Crippen molar-refractivity contribution in [2.45, 2.75) is 50.3 Å². The Morgan fingerprint density at radius 2 is 1.54 bits per heavy atom. The summed E-state index contributed by atoms with van der Waals surface area (Å²) in [5, 5.41) is 8.78. The summed E-state index contributed by atoms with van der Waals surface area (Å²) in [6.45, 7) is 4.19. The van der Waals surface area contributed by atoms with Crippen molar-refractivity contribution in [3.63, 3.8) is 0 Å². The summed E-state index contributed by atoms with van der Waals surface area (Å²) < 4.78 is 37.6. The second-order valence-electron chi connectivity index (χ2n) is 9.61. The fraction of sp³-hybridized carbons (Fsp3) is 0.219. The highest BCUT2D eigenvalue weighted by molar-refractivity contribution is 7.97. The van der Waals surface area contributed by atoms with E-state index in [1.807, 2.05) is 30.3 Å². The van der Waals surface area contributed by atoms with Crippen molar-refractivity contribution in [3.8, 4) is 16.9 Å². The van der Waals surface area contributed by atoms with E-state index in [0.717, 1.165) is 39.2 Å². The van der Waals surface area contributed by atoms with E-state index in [2.05, 4.69) is 66.2 Å². The molecule has 0 saturated carbocycles. The predicted molar refractivity (Wildman–Crippen MR) is 160 cm³/mol. The smallest absolute Gasteiger partial charge is 0.387 e. The fourth-order valence-corrected chi connectivity index (χ4v) is 6.16. The molecule has 0 amide bonds.